The van der Waals surface area contributed by atoms with Gasteiger partial charge in [0.05, 0.1) is 18.4 Å². The lowest BCUT2D eigenvalue weighted by molar-refractivity contribution is -0.143. The number of hydrogen-bond acceptors (Lipinski definition) is 3. The van der Waals surface area contributed by atoms with Crippen molar-refractivity contribution in [3.8, 4) is 0 Å². The highest BCUT2D eigenvalue weighted by molar-refractivity contribution is 6.07. The molecular formula is C11H15NO3. The van der Waals surface area contributed by atoms with Gasteiger partial charge >= 0.3 is 0 Å². The molecule has 0 aromatic rings. The number of nitrogens with zero attached hydrogens (tertiary/aromatic N) is 1. The van der Waals surface area contributed by atoms with Gasteiger partial charge in [-0.3, -0.25) is 19.3 Å². The van der Waals surface area contributed by atoms with Crippen LogP contribution < -0.4 is 0 Å². The Morgan fingerprint density at radius 3 is 2.27 bits per heavy atom. The second-order valence-corrected chi connectivity index (χ2v) is 4.30. The minimum absolute atomic E-state index is 0.0127. The maximum Gasteiger partial charge on any atom is 0.233 e. The average Bonchev–Trinajstić information content (AvgIpc) is 2.78. The van der Waals surface area contributed by atoms with Crippen LogP contribution in [0.3, 0.4) is 0 Å². The number of rotatable bonds is 3. The van der Waals surface area contributed by atoms with Crippen molar-refractivity contribution in [3.63, 3.8) is 0 Å². The molecule has 2 fully saturated rings. The topological polar surface area (TPSA) is 54.5 Å². The first-order valence-corrected chi connectivity index (χ1v) is 5.52. The van der Waals surface area contributed by atoms with Gasteiger partial charge in [0, 0.05) is 6.42 Å². The molecule has 4 nitrogen and oxygen atoms in total. The van der Waals surface area contributed by atoms with Gasteiger partial charge in [-0.15, -0.1) is 0 Å². The number of imide groups is 1. The predicted molar refractivity (Wildman–Crippen MR) is 52.8 cm³/mol. The zero-order chi connectivity index (χ0) is 11.0. The van der Waals surface area contributed by atoms with Gasteiger partial charge in [0.25, 0.3) is 0 Å². The molecule has 15 heavy (non-hydrogen) atoms. The van der Waals surface area contributed by atoms with Crippen LogP contribution in [0, 0.1) is 11.8 Å². The summed E-state index contributed by atoms with van der Waals surface area (Å²) in [6, 6.07) is 0. The molecule has 2 atom stereocenters. The third-order valence-electron chi connectivity index (χ3n) is 3.41. The van der Waals surface area contributed by atoms with Crippen LogP contribution >= 0.6 is 0 Å². The largest absolute Gasteiger partial charge is 0.298 e. The number of carbonyl (C=O) groups excluding carboxylic acids is 3. The summed E-state index contributed by atoms with van der Waals surface area (Å²) in [5.74, 6) is -0.533. The Labute approximate surface area is 88.6 Å². The van der Waals surface area contributed by atoms with Crippen molar-refractivity contribution in [2.45, 2.75) is 32.6 Å². The van der Waals surface area contributed by atoms with Gasteiger partial charge in [-0.25, -0.2) is 0 Å². The normalized spacial score (nSPS) is 29.8. The highest BCUT2D eigenvalue weighted by atomic mass is 16.2. The Balaban J connectivity index is 2.11. The highest BCUT2D eigenvalue weighted by Gasteiger charge is 2.49. The summed E-state index contributed by atoms with van der Waals surface area (Å²) in [5, 5.41) is 0. The molecule has 0 aromatic carbocycles. The quantitative estimate of drug-likeness (QED) is 0.644. The summed E-state index contributed by atoms with van der Waals surface area (Å²) >= 11 is 0. The van der Waals surface area contributed by atoms with Crippen molar-refractivity contribution in [3.05, 3.63) is 0 Å². The number of carbonyl (C=O) groups is 3. The maximum atomic E-state index is 11.8. The van der Waals surface area contributed by atoms with E-state index in [4.69, 9.17) is 0 Å². The molecule has 1 aliphatic heterocycles. The van der Waals surface area contributed by atoms with Crippen LogP contribution in [0.4, 0.5) is 0 Å². The molecule has 2 rings (SSSR count). The molecule has 0 N–H and O–H groups in total. The van der Waals surface area contributed by atoms with Crippen molar-refractivity contribution < 1.29 is 14.4 Å². The molecule has 1 aliphatic carbocycles. The molecule has 0 radical (unpaired) electrons. The summed E-state index contributed by atoms with van der Waals surface area (Å²) in [6.45, 7) is 1.73. The van der Waals surface area contributed by atoms with E-state index >= 15 is 0 Å². The molecule has 0 bridgehead atoms. The zero-order valence-electron chi connectivity index (χ0n) is 8.86. The molecule has 1 saturated heterocycles. The van der Waals surface area contributed by atoms with Gasteiger partial charge in [-0.2, -0.15) is 0 Å². The molecule has 0 spiro atoms. The van der Waals surface area contributed by atoms with Crippen molar-refractivity contribution in [1.29, 1.82) is 0 Å². The fraction of sp³-hybridized carbons (Fsp3) is 0.727. The molecule has 1 saturated carbocycles. The van der Waals surface area contributed by atoms with Crippen molar-refractivity contribution in [2.24, 2.45) is 11.8 Å². The molecule has 0 aromatic heterocycles. The van der Waals surface area contributed by atoms with Gasteiger partial charge in [0.1, 0.15) is 0 Å². The second kappa shape index (κ2) is 3.76. The average molecular weight is 209 g/mol. The zero-order valence-corrected chi connectivity index (χ0v) is 8.86. The lowest BCUT2D eigenvalue weighted by Crippen LogP contribution is -2.36. The van der Waals surface area contributed by atoms with Gasteiger partial charge < -0.3 is 0 Å². The number of Topliss-reactive ketones (excluding diaryl/α,β-unsaturated/α-hetero) is 1. The van der Waals surface area contributed by atoms with E-state index in [0.29, 0.717) is 6.42 Å². The van der Waals surface area contributed by atoms with Gasteiger partial charge in [0.2, 0.25) is 11.8 Å². The van der Waals surface area contributed by atoms with E-state index in [1.54, 1.807) is 6.92 Å². The van der Waals surface area contributed by atoms with E-state index in [9.17, 15) is 14.4 Å². The van der Waals surface area contributed by atoms with Crippen LogP contribution in [-0.2, 0) is 14.4 Å². The summed E-state index contributed by atoms with van der Waals surface area (Å²) in [6.07, 6.45) is 2.97. The van der Waals surface area contributed by atoms with E-state index in [0.717, 1.165) is 19.3 Å². The Bertz CT molecular complexity index is 302. The SMILES string of the molecule is CCC(=O)CN1C(=O)C2CCCC2C1=O. The third kappa shape index (κ3) is 1.58. The second-order valence-electron chi connectivity index (χ2n) is 4.30. The first-order valence-electron chi connectivity index (χ1n) is 5.52. The molecule has 1 heterocycles. The number of likely N-dealkylation sites (tertiary alicyclic amines) is 1. The summed E-state index contributed by atoms with van der Waals surface area (Å²) in [5.41, 5.74) is 0. The Morgan fingerprint density at radius 2 is 1.80 bits per heavy atom. The monoisotopic (exact) mass is 209 g/mol. The predicted octanol–water partition coefficient (Wildman–Crippen LogP) is 0.751. The van der Waals surface area contributed by atoms with Crippen LogP contribution in [0.1, 0.15) is 32.6 Å². The molecule has 2 aliphatic rings. The summed E-state index contributed by atoms with van der Waals surface area (Å²) < 4.78 is 0. The van der Waals surface area contributed by atoms with Crippen LogP contribution in [0.5, 0.6) is 0 Å². The van der Waals surface area contributed by atoms with Gasteiger partial charge in [0.15, 0.2) is 5.78 Å². The van der Waals surface area contributed by atoms with E-state index in [2.05, 4.69) is 0 Å². The van der Waals surface area contributed by atoms with Crippen molar-refractivity contribution >= 4 is 17.6 Å². The minimum atomic E-state index is -0.123. The molecule has 82 valence electrons. The van der Waals surface area contributed by atoms with Crippen molar-refractivity contribution in [2.75, 3.05) is 6.54 Å². The lowest BCUT2D eigenvalue weighted by atomic mass is 10.00. The smallest absolute Gasteiger partial charge is 0.233 e. The highest BCUT2D eigenvalue weighted by Crippen LogP contribution is 2.39. The van der Waals surface area contributed by atoms with Crippen LogP contribution in [0.25, 0.3) is 0 Å². The fourth-order valence-corrected chi connectivity index (χ4v) is 2.50. The fourth-order valence-electron chi connectivity index (χ4n) is 2.50. The van der Waals surface area contributed by atoms with Gasteiger partial charge in [-0.05, 0) is 12.8 Å². The summed E-state index contributed by atoms with van der Waals surface area (Å²) in [7, 11) is 0. The van der Waals surface area contributed by atoms with E-state index < -0.39 is 0 Å². The number of amides is 2. The Morgan fingerprint density at radius 1 is 1.27 bits per heavy atom. The molecule has 2 amide bonds. The first-order chi connectivity index (χ1) is 7.15. The molecule has 4 heteroatoms. The Hall–Kier alpha value is -1.19. The van der Waals surface area contributed by atoms with Gasteiger partial charge in [-0.1, -0.05) is 13.3 Å². The number of ketones is 1. The van der Waals surface area contributed by atoms with Crippen LogP contribution in [-0.4, -0.2) is 29.0 Å². The molecular weight excluding hydrogens is 194 g/mol. The van der Waals surface area contributed by atoms with Crippen molar-refractivity contribution in [1.82, 2.24) is 4.90 Å². The number of hydrogen-bond donors (Lipinski definition) is 0. The van der Waals surface area contributed by atoms with E-state index in [-0.39, 0.29) is 36.0 Å². The van der Waals surface area contributed by atoms with E-state index in [1.807, 2.05) is 0 Å². The number of fused-ring (bicyclic) bond motifs is 1. The summed E-state index contributed by atoms with van der Waals surface area (Å²) in [4.78, 5) is 36.0. The standard InChI is InChI=1S/C11H15NO3/c1-2-7(13)6-12-10(14)8-4-3-5-9(8)11(12)15/h8-9H,2-6H2,1H3. The van der Waals surface area contributed by atoms with Crippen LogP contribution in [0.2, 0.25) is 0 Å². The third-order valence-corrected chi connectivity index (χ3v) is 3.41. The van der Waals surface area contributed by atoms with Crippen LogP contribution in [0.15, 0.2) is 0 Å². The Kier molecular flexibility index (Phi) is 2.59. The lowest BCUT2D eigenvalue weighted by Gasteiger charge is -2.13. The first kappa shape index (κ1) is 10.3. The molecule has 2 unspecified atom stereocenters. The van der Waals surface area contributed by atoms with E-state index in [1.165, 1.54) is 4.90 Å². The minimum Gasteiger partial charge on any atom is -0.298 e. The maximum absolute atomic E-state index is 11.8.